The molecule has 7 aromatic rings. The van der Waals surface area contributed by atoms with Crippen molar-refractivity contribution in [2.75, 3.05) is 0 Å². The molecule has 0 fully saturated rings. The van der Waals surface area contributed by atoms with Gasteiger partial charge in [-0.15, -0.1) is 0 Å². The lowest BCUT2D eigenvalue weighted by Gasteiger charge is -2.32. The Hall–Kier alpha value is -5.41. The fourth-order valence-electron chi connectivity index (χ4n) is 7.46. The van der Waals surface area contributed by atoms with Gasteiger partial charge in [0.25, 0.3) is 0 Å². The van der Waals surface area contributed by atoms with Crippen LogP contribution in [0.4, 0.5) is 0 Å². The SMILES string of the molecule is CC1(C)C2=C(c3ccccc31)C(n1c3ccccc3c3cc4ccccc4cc31)NC(c1cccc(-c3ccccc3)c1)=N2. The molecule has 0 radical (unpaired) electrons. The molecule has 0 saturated heterocycles. The maximum Gasteiger partial charge on any atom is 0.135 e. The second-order valence-electron chi connectivity index (χ2n) is 12.5. The predicted molar refractivity (Wildman–Crippen MR) is 184 cm³/mol. The number of hydrogen-bond acceptors (Lipinski definition) is 2. The Kier molecular flexibility index (Phi) is 5.31. The number of amidine groups is 1. The largest absolute Gasteiger partial charge is 0.345 e. The van der Waals surface area contributed by atoms with Crippen LogP contribution in [-0.2, 0) is 5.41 Å². The van der Waals surface area contributed by atoms with Crippen LogP contribution in [0.3, 0.4) is 0 Å². The summed E-state index contributed by atoms with van der Waals surface area (Å²) in [6.45, 7) is 4.63. The van der Waals surface area contributed by atoms with Gasteiger partial charge in [-0.3, -0.25) is 0 Å². The van der Waals surface area contributed by atoms with E-state index in [0.717, 1.165) is 17.1 Å². The van der Waals surface area contributed by atoms with Crippen LogP contribution in [0.25, 0.3) is 49.3 Å². The van der Waals surface area contributed by atoms with Gasteiger partial charge in [0, 0.05) is 27.3 Å². The first kappa shape index (κ1) is 25.1. The van der Waals surface area contributed by atoms with Crippen LogP contribution < -0.4 is 5.32 Å². The van der Waals surface area contributed by atoms with Crippen LogP contribution in [0.1, 0.15) is 36.7 Å². The molecule has 44 heavy (non-hydrogen) atoms. The predicted octanol–water partition coefficient (Wildman–Crippen LogP) is 9.87. The van der Waals surface area contributed by atoms with E-state index in [1.165, 1.54) is 60.4 Å². The van der Waals surface area contributed by atoms with Gasteiger partial charge < -0.3 is 9.88 Å². The zero-order valence-corrected chi connectivity index (χ0v) is 24.8. The third-order valence-corrected chi connectivity index (χ3v) is 9.59. The second-order valence-corrected chi connectivity index (χ2v) is 12.5. The van der Waals surface area contributed by atoms with Gasteiger partial charge in [0.1, 0.15) is 12.0 Å². The Bertz CT molecular complexity index is 2340. The number of allylic oxidation sites excluding steroid dienone is 1. The monoisotopic (exact) mass is 565 g/mol. The van der Waals surface area contributed by atoms with E-state index >= 15 is 0 Å². The standard InChI is InChI=1S/C41H31N3/c1-41(2)34-21-10-8-20-32(34)37-38(41)42-39(30-18-12-17-27(23-30)26-13-4-3-5-14-26)43-40(37)44-35-22-11-9-19-31(35)33-24-28-15-6-7-16-29(28)25-36(33)44/h3-25,40H,1-2H3,(H,42,43). The molecule has 0 spiro atoms. The number of rotatable bonds is 3. The lowest BCUT2D eigenvalue weighted by atomic mass is 9.84. The maximum absolute atomic E-state index is 5.46. The third-order valence-electron chi connectivity index (χ3n) is 9.59. The lowest BCUT2D eigenvalue weighted by Crippen LogP contribution is -2.37. The van der Waals surface area contributed by atoms with Crippen LogP contribution in [0, 0.1) is 0 Å². The Balaban J connectivity index is 1.32. The summed E-state index contributed by atoms with van der Waals surface area (Å²) in [5, 5.41) is 9.02. The summed E-state index contributed by atoms with van der Waals surface area (Å²) in [4.78, 5) is 5.46. The van der Waals surface area contributed by atoms with Gasteiger partial charge in [0.05, 0.1) is 16.7 Å². The molecule has 6 aromatic carbocycles. The van der Waals surface area contributed by atoms with Crippen molar-refractivity contribution in [3.05, 3.63) is 162 Å². The zero-order valence-electron chi connectivity index (χ0n) is 24.8. The van der Waals surface area contributed by atoms with Crippen molar-refractivity contribution >= 4 is 44.0 Å². The molecule has 0 saturated carbocycles. The van der Waals surface area contributed by atoms with E-state index in [4.69, 9.17) is 4.99 Å². The first-order chi connectivity index (χ1) is 21.6. The fourth-order valence-corrected chi connectivity index (χ4v) is 7.46. The highest BCUT2D eigenvalue weighted by molar-refractivity contribution is 6.14. The molecule has 1 atom stereocenters. The normalized spacial score (nSPS) is 17.0. The molecule has 1 N–H and O–H groups in total. The van der Waals surface area contributed by atoms with E-state index in [2.05, 4.69) is 163 Å². The highest BCUT2D eigenvalue weighted by Gasteiger charge is 2.44. The molecular formula is C41H31N3. The minimum atomic E-state index is -0.236. The van der Waals surface area contributed by atoms with Crippen molar-refractivity contribution in [1.82, 2.24) is 9.88 Å². The Labute approximate surface area is 256 Å². The number of nitrogens with zero attached hydrogens (tertiary/aromatic N) is 2. The van der Waals surface area contributed by atoms with E-state index < -0.39 is 0 Å². The van der Waals surface area contributed by atoms with Gasteiger partial charge in [0.2, 0.25) is 0 Å². The minimum Gasteiger partial charge on any atom is -0.345 e. The molecule has 210 valence electrons. The summed E-state index contributed by atoms with van der Waals surface area (Å²) >= 11 is 0. The molecule has 1 unspecified atom stereocenters. The van der Waals surface area contributed by atoms with E-state index in [1.807, 2.05) is 0 Å². The van der Waals surface area contributed by atoms with Crippen molar-refractivity contribution in [3.63, 3.8) is 0 Å². The second kappa shape index (κ2) is 9.29. The number of hydrogen-bond donors (Lipinski definition) is 1. The quantitative estimate of drug-likeness (QED) is 0.227. The molecule has 3 nitrogen and oxygen atoms in total. The van der Waals surface area contributed by atoms with Crippen LogP contribution in [0.5, 0.6) is 0 Å². The summed E-state index contributed by atoms with van der Waals surface area (Å²) in [6, 6.07) is 50.4. The summed E-state index contributed by atoms with van der Waals surface area (Å²) in [6.07, 6.45) is -0.149. The van der Waals surface area contributed by atoms with Gasteiger partial charge in [-0.1, -0.05) is 129 Å². The van der Waals surface area contributed by atoms with Gasteiger partial charge in [-0.2, -0.15) is 0 Å². The van der Waals surface area contributed by atoms with Crippen LogP contribution in [-0.4, -0.2) is 10.4 Å². The van der Waals surface area contributed by atoms with Crippen molar-refractivity contribution < 1.29 is 0 Å². The Morgan fingerprint density at radius 2 is 1.27 bits per heavy atom. The highest BCUT2D eigenvalue weighted by Crippen LogP contribution is 2.52. The van der Waals surface area contributed by atoms with Crippen molar-refractivity contribution in [1.29, 1.82) is 0 Å². The smallest absolute Gasteiger partial charge is 0.135 e. The molecule has 9 rings (SSSR count). The number of aliphatic imine (C=N–C) groups is 1. The Morgan fingerprint density at radius 1 is 0.591 bits per heavy atom. The van der Waals surface area contributed by atoms with Crippen molar-refractivity contribution in [3.8, 4) is 11.1 Å². The molecule has 1 aromatic heterocycles. The topological polar surface area (TPSA) is 29.3 Å². The molecule has 2 aliphatic rings. The summed E-state index contributed by atoms with van der Waals surface area (Å²) in [7, 11) is 0. The van der Waals surface area contributed by atoms with Gasteiger partial charge in [-0.25, -0.2) is 4.99 Å². The fraction of sp³-hybridized carbons (Fsp3) is 0.0976. The van der Waals surface area contributed by atoms with Crippen molar-refractivity contribution in [2.24, 2.45) is 4.99 Å². The minimum absolute atomic E-state index is 0.149. The number of benzene rings is 6. The van der Waals surface area contributed by atoms with Gasteiger partial charge in [0.15, 0.2) is 0 Å². The third kappa shape index (κ3) is 3.59. The molecule has 0 amide bonds. The summed E-state index contributed by atoms with van der Waals surface area (Å²) in [5.41, 5.74) is 10.6. The first-order valence-corrected chi connectivity index (χ1v) is 15.3. The average Bonchev–Trinajstić information content (AvgIpc) is 3.52. The lowest BCUT2D eigenvalue weighted by molar-refractivity contribution is 0.584. The summed E-state index contributed by atoms with van der Waals surface area (Å²) < 4.78 is 2.51. The molecule has 1 aliphatic heterocycles. The maximum atomic E-state index is 5.46. The number of fused-ring (bicyclic) bond motifs is 6. The number of para-hydroxylation sites is 1. The number of nitrogens with one attached hydrogen (secondary N) is 1. The molecule has 1 aliphatic carbocycles. The summed E-state index contributed by atoms with van der Waals surface area (Å²) in [5.74, 6) is 0.902. The average molecular weight is 566 g/mol. The van der Waals surface area contributed by atoms with Crippen LogP contribution in [0.2, 0.25) is 0 Å². The van der Waals surface area contributed by atoms with Crippen molar-refractivity contribution in [2.45, 2.75) is 25.4 Å². The van der Waals surface area contributed by atoms with Crippen LogP contribution >= 0.6 is 0 Å². The molecule has 2 heterocycles. The van der Waals surface area contributed by atoms with Crippen LogP contribution in [0.15, 0.2) is 150 Å². The Morgan fingerprint density at radius 3 is 2.14 bits per heavy atom. The van der Waals surface area contributed by atoms with E-state index in [1.54, 1.807) is 0 Å². The number of aromatic nitrogens is 1. The van der Waals surface area contributed by atoms with Gasteiger partial charge in [-0.05, 0) is 57.3 Å². The highest BCUT2D eigenvalue weighted by atomic mass is 15.2. The van der Waals surface area contributed by atoms with E-state index in [9.17, 15) is 0 Å². The van der Waals surface area contributed by atoms with Gasteiger partial charge >= 0.3 is 0 Å². The molecule has 0 bridgehead atoms. The first-order valence-electron chi connectivity index (χ1n) is 15.3. The van der Waals surface area contributed by atoms with E-state index in [-0.39, 0.29) is 11.6 Å². The molecule has 3 heteroatoms. The zero-order chi connectivity index (χ0) is 29.4. The van der Waals surface area contributed by atoms with E-state index in [0.29, 0.717) is 0 Å². The molecular weight excluding hydrogens is 534 g/mol.